The molecule has 0 spiro atoms. The number of rotatable bonds is 7. The second-order valence-corrected chi connectivity index (χ2v) is 10.9. The van der Waals surface area contributed by atoms with Gasteiger partial charge in [-0.1, -0.05) is 0 Å². The van der Waals surface area contributed by atoms with Gasteiger partial charge in [0.2, 0.25) is 0 Å². The fourth-order valence-corrected chi connectivity index (χ4v) is 8.61. The van der Waals surface area contributed by atoms with E-state index in [9.17, 15) is 0 Å². The van der Waals surface area contributed by atoms with Crippen molar-refractivity contribution in [1.82, 2.24) is 0 Å². The van der Waals surface area contributed by atoms with E-state index < -0.39 is 7.26 Å². The van der Waals surface area contributed by atoms with Crippen molar-refractivity contribution in [3.63, 3.8) is 0 Å². The molecule has 0 aliphatic rings. The van der Waals surface area contributed by atoms with Crippen molar-refractivity contribution in [2.24, 2.45) is 0 Å². The Morgan fingerprint density at radius 3 is 1.36 bits per heavy atom. The van der Waals surface area contributed by atoms with E-state index in [-0.39, 0.29) is 0 Å². The van der Waals surface area contributed by atoms with Crippen LogP contribution in [0.4, 0.5) is 0 Å². The van der Waals surface area contributed by atoms with Gasteiger partial charge < -0.3 is 0 Å². The molecule has 128 valence electrons. The van der Waals surface area contributed by atoms with Gasteiger partial charge in [-0.2, -0.15) is 0 Å². The van der Waals surface area contributed by atoms with E-state index in [1.54, 1.807) is 0 Å². The Morgan fingerprint density at radius 2 is 1.04 bits per heavy atom. The van der Waals surface area contributed by atoms with E-state index in [1.165, 1.54) is 34.1 Å². The predicted molar refractivity (Wildman–Crippen MR) is 115 cm³/mol. The van der Waals surface area contributed by atoms with Gasteiger partial charge in [0.15, 0.2) is 0 Å². The monoisotopic (exact) mass is 346 g/mol. The molecule has 1 heteroatoms. The molecule has 3 aromatic carbocycles. The standard InChI is InChI=1S/C24H27P/c1-21(2)13-12-20-25(22-14-6-3-7-15-22,23-16-8-4-9-17-23)24-18-10-5-11-19-24/h3-11,14-19,25H,1,12-13,20H2,2H3. The molecule has 0 aliphatic carbocycles. The second kappa shape index (κ2) is 8.28. The first kappa shape index (κ1) is 17.6. The van der Waals surface area contributed by atoms with Crippen LogP contribution in [0.2, 0.25) is 0 Å². The van der Waals surface area contributed by atoms with Crippen LogP contribution in [0, 0.1) is 0 Å². The first-order valence-corrected chi connectivity index (χ1v) is 11.2. The molecule has 0 fully saturated rings. The summed E-state index contributed by atoms with van der Waals surface area (Å²) in [6.07, 6.45) is 3.49. The van der Waals surface area contributed by atoms with Crippen molar-refractivity contribution in [2.45, 2.75) is 19.8 Å². The molecule has 0 nitrogen and oxygen atoms in total. The summed E-state index contributed by atoms with van der Waals surface area (Å²) in [4.78, 5) is 0. The zero-order valence-electron chi connectivity index (χ0n) is 15.0. The van der Waals surface area contributed by atoms with Crippen molar-refractivity contribution in [2.75, 3.05) is 6.16 Å². The fraction of sp³-hybridized carbons (Fsp3) is 0.167. The number of hydrogen-bond acceptors (Lipinski definition) is 0. The van der Waals surface area contributed by atoms with E-state index in [2.05, 4.69) is 104 Å². The Bertz CT molecular complexity index is 695. The van der Waals surface area contributed by atoms with Crippen LogP contribution in [-0.4, -0.2) is 6.16 Å². The van der Waals surface area contributed by atoms with Gasteiger partial charge in [-0.15, -0.1) is 0 Å². The summed E-state index contributed by atoms with van der Waals surface area (Å²) >= 11 is 0. The second-order valence-electron chi connectivity index (χ2n) is 6.81. The molecule has 3 aromatic rings. The van der Waals surface area contributed by atoms with E-state index >= 15 is 0 Å². The molecular formula is C24H27P. The van der Waals surface area contributed by atoms with Gasteiger partial charge in [0.05, 0.1) is 0 Å². The van der Waals surface area contributed by atoms with Crippen LogP contribution in [0.15, 0.2) is 103 Å². The molecule has 0 radical (unpaired) electrons. The molecule has 0 unspecified atom stereocenters. The maximum atomic E-state index is 4.11. The summed E-state index contributed by atoms with van der Waals surface area (Å²) < 4.78 is 0. The third kappa shape index (κ3) is 3.91. The normalized spacial score (nSPS) is 11.9. The SMILES string of the molecule is C=C(C)CCC[PH](c1ccccc1)(c1ccccc1)c1ccccc1. The minimum atomic E-state index is -2.03. The molecule has 3 rings (SSSR count). The fourth-order valence-electron chi connectivity index (χ4n) is 3.76. The third-order valence-corrected chi connectivity index (χ3v) is 10.0. The predicted octanol–water partition coefficient (Wildman–Crippen LogP) is 5.07. The molecule has 0 amide bonds. The Morgan fingerprint density at radius 1 is 0.680 bits per heavy atom. The average molecular weight is 346 g/mol. The van der Waals surface area contributed by atoms with Crippen LogP contribution in [0.1, 0.15) is 19.8 Å². The van der Waals surface area contributed by atoms with Gasteiger partial charge in [0.1, 0.15) is 0 Å². The topological polar surface area (TPSA) is 0 Å². The van der Waals surface area contributed by atoms with Crippen LogP contribution < -0.4 is 15.9 Å². The Hall–Kier alpha value is -2.17. The molecule has 0 heterocycles. The zero-order valence-corrected chi connectivity index (χ0v) is 16.0. The summed E-state index contributed by atoms with van der Waals surface area (Å²) in [6, 6.07) is 33.4. The molecular weight excluding hydrogens is 319 g/mol. The first-order valence-electron chi connectivity index (χ1n) is 9.04. The molecule has 0 saturated carbocycles. The van der Waals surface area contributed by atoms with E-state index in [0.29, 0.717) is 0 Å². The van der Waals surface area contributed by atoms with Crippen LogP contribution in [-0.2, 0) is 0 Å². The van der Waals surface area contributed by atoms with Gasteiger partial charge in [-0.3, -0.25) is 0 Å². The van der Waals surface area contributed by atoms with Gasteiger partial charge in [-0.25, -0.2) is 0 Å². The number of allylic oxidation sites excluding steroid dienone is 1. The summed E-state index contributed by atoms with van der Waals surface area (Å²) in [5.74, 6) is 0. The van der Waals surface area contributed by atoms with E-state index in [0.717, 1.165) is 6.42 Å². The van der Waals surface area contributed by atoms with Crippen molar-refractivity contribution in [1.29, 1.82) is 0 Å². The van der Waals surface area contributed by atoms with Crippen LogP contribution in [0.5, 0.6) is 0 Å². The maximum absolute atomic E-state index is 4.11. The van der Waals surface area contributed by atoms with Gasteiger partial charge in [-0.05, 0) is 0 Å². The Labute approximate surface area is 152 Å². The summed E-state index contributed by atoms with van der Waals surface area (Å²) in [5.41, 5.74) is 1.28. The van der Waals surface area contributed by atoms with E-state index in [1.807, 2.05) is 0 Å². The molecule has 0 atom stereocenters. The quantitative estimate of drug-likeness (QED) is 0.414. The number of benzene rings is 3. The van der Waals surface area contributed by atoms with Crippen LogP contribution in [0.25, 0.3) is 0 Å². The Balaban J connectivity index is 2.18. The summed E-state index contributed by atoms with van der Waals surface area (Å²) in [7, 11) is -2.03. The van der Waals surface area contributed by atoms with Crippen molar-refractivity contribution >= 4 is 23.2 Å². The average Bonchev–Trinajstić information content (AvgIpc) is 2.67. The minimum absolute atomic E-state index is 1.10. The molecule has 0 bridgehead atoms. The summed E-state index contributed by atoms with van der Waals surface area (Å²) in [5, 5.41) is 4.48. The third-order valence-electron chi connectivity index (χ3n) is 4.96. The van der Waals surface area contributed by atoms with Crippen molar-refractivity contribution in [3.05, 3.63) is 103 Å². The Kier molecular flexibility index (Phi) is 5.84. The molecule has 0 aliphatic heterocycles. The van der Waals surface area contributed by atoms with Gasteiger partial charge in [0.25, 0.3) is 0 Å². The van der Waals surface area contributed by atoms with Gasteiger partial charge >= 0.3 is 152 Å². The first-order chi connectivity index (χ1) is 12.2. The number of hydrogen-bond donors (Lipinski definition) is 0. The molecule has 0 saturated heterocycles. The van der Waals surface area contributed by atoms with Crippen molar-refractivity contribution in [3.8, 4) is 0 Å². The molecule has 25 heavy (non-hydrogen) atoms. The zero-order chi connectivity index (χ0) is 17.5. The van der Waals surface area contributed by atoms with Gasteiger partial charge in [0, 0.05) is 0 Å². The van der Waals surface area contributed by atoms with Crippen LogP contribution >= 0.6 is 7.26 Å². The molecule has 0 N–H and O–H groups in total. The van der Waals surface area contributed by atoms with Crippen molar-refractivity contribution < 1.29 is 0 Å². The molecule has 0 aromatic heterocycles. The van der Waals surface area contributed by atoms with E-state index in [4.69, 9.17) is 0 Å². The summed E-state index contributed by atoms with van der Waals surface area (Å²) in [6.45, 7) is 6.24. The van der Waals surface area contributed by atoms with Crippen LogP contribution in [0.3, 0.4) is 0 Å².